The van der Waals surface area contributed by atoms with Crippen LogP contribution in [0.5, 0.6) is 0 Å². The molecule has 0 bridgehead atoms. The van der Waals surface area contributed by atoms with Crippen LogP contribution in [0.1, 0.15) is 62.6 Å². The Morgan fingerprint density at radius 1 is 1.15 bits per heavy atom. The highest BCUT2D eigenvalue weighted by Crippen LogP contribution is 2.41. The van der Waals surface area contributed by atoms with Crippen LogP contribution >= 0.6 is 0 Å². The van der Waals surface area contributed by atoms with E-state index in [4.69, 9.17) is 0 Å². The molecule has 3 unspecified atom stereocenters. The van der Waals surface area contributed by atoms with Gasteiger partial charge in [0.1, 0.15) is 0 Å². The van der Waals surface area contributed by atoms with Crippen LogP contribution in [0.15, 0.2) is 24.3 Å². The second-order valence-electron chi connectivity index (χ2n) is 6.45. The smallest absolute Gasteiger partial charge is 0.0354 e. The molecule has 1 aliphatic heterocycles. The number of hydrogen-bond donors (Lipinski definition) is 1. The van der Waals surface area contributed by atoms with Crippen molar-refractivity contribution in [3.05, 3.63) is 35.4 Å². The molecule has 0 aromatic heterocycles. The number of rotatable bonds is 3. The number of hydrogen-bond acceptors (Lipinski definition) is 2. The molecule has 1 aromatic carbocycles. The zero-order chi connectivity index (χ0) is 13.9. The van der Waals surface area contributed by atoms with Crippen LogP contribution in [0.4, 0.5) is 0 Å². The minimum absolute atomic E-state index is 0.636. The summed E-state index contributed by atoms with van der Waals surface area (Å²) in [7, 11) is 0. The topological polar surface area (TPSA) is 15.3 Å². The van der Waals surface area contributed by atoms with Crippen molar-refractivity contribution in [2.24, 2.45) is 0 Å². The summed E-state index contributed by atoms with van der Waals surface area (Å²) < 4.78 is 0. The normalized spacial score (nSPS) is 30.2. The van der Waals surface area contributed by atoms with Crippen molar-refractivity contribution >= 4 is 0 Å². The van der Waals surface area contributed by atoms with E-state index in [0.717, 1.165) is 12.0 Å². The second-order valence-corrected chi connectivity index (χ2v) is 6.45. The van der Waals surface area contributed by atoms with E-state index in [2.05, 4.69) is 48.3 Å². The number of piperidine rings is 1. The lowest BCUT2D eigenvalue weighted by molar-refractivity contribution is 0.105. The first kappa shape index (κ1) is 14.1. The number of fused-ring (bicyclic) bond motifs is 1. The van der Waals surface area contributed by atoms with Crippen molar-refractivity contribution in [3.8, 4) is 0 Å². The van der Waals surface area contributed by atoms with Crippen LogP contribution in [0.2, 0.25) is 0 Å². The third kappa shape index (κ3) is 2.64. The average Bonchev–Trinajstić information content (AvgIpc) is 2.52. The summed E-state index contributed by atoms with van der Waals surface area (Å²) >= 11 is 0. The Morgan fingerprint density at radius 2 is 1.95 bits per heavy atom. The van der Waals surface area contributed by atoms with E-state index < -0.39 is 0 Å². The van der Waals surface area contributed by atoms with Crippen LogP contribution in [0.3, 0.4) is 0 Å². The molecule has 1 saturated heterocycles. The Labute approximate surface area is 123 Å². The van der Waals surface area contributed by atoms with Gasteiger partial charge in [-0.3, -0.25) is 4.90 Å². The quantitative estimate of drug-likeness (QED) is 0.902. The van der Waals surface area contributed by atoms with Gasteiger partial charge < -0.3 is 5.32 Å². The molecule has 1 aliphatic carbocycles. The molecule has 2 heteroatoms. The first-order valence-electron chi connectivity index (χ1n) is 8.36. The van der Waals surface area contributed by atoms with Crippen molar-refractivity contribution in [3.63, 3.8) is 0 Å². The molecule has 110 valence electrons. The Balaban J connectivity index is 1.86. The Kier molecular flexibility index (Phi) is 4.42. The van der Waals surface area contributed by atoms with Crippen molar-refractivity contribution in [1.82, 2.24) is 10.2 Å². The maximum absolute atomic E-state index is 3.58. The van der Waals surface area contributed by atoms with Gasteiger partial charge in [-0.2, -0.15) is 0 Å². The molecule has 0 saturated carbocycles. The molecule has 1 N–H and O–H groups in total. The standard InChI is InChI=1S/C18H28N2/c1-3-20(15-7-6-12-19-13-15)18-11-10-14(2)16-8-4-5-9-17(16)18/h4-5,8-9,14-15,18-19H,3,6-7,10-13H2,1-2H3. The van der Waals surface area contributed by atoms with Crippen molar-refractivity contribution in [2.75, 3.05) is 19.6 Å². The summed E-state index contributed by atoms with van der Waals surface area (Å²) in [6.45, 7) is 8.25. The zero-order valence-corrected chi connectivity index (χ0v) is 12.9. The fourth-order valence-electron chi connectivity index (χ4n) is 4.18. The van der Waals surface area contributed by atoms with Crippen molar-refractivity contribution < 1.29 is 0 Å². The van der Waals surface area contributed by atoms with E-state index in [9.17, 15) is 0 Å². The lowest BCUT2D eigenvalue weighted by Gasteiger charge is -2.43. The van der Waals surface area contributed by atoms with E-state index in [1.807, 2.05) is 0 Å². The molecule has 0 amide bonds. The van der Waals surface area contributed by atoms with Crippen LogP contribution in [-0.4, -0.2) is 30.6 Å². The molecule has 0 spiro atoms. The fourth-order valence-corrected chi connectivity index (χ4v) is 4.18. The van der Waals surface area contributed by atoms with Crippen molar-refractivity contribution in [1.29, 1.82) is 0 Å². The van der Waals surface area contributed by atoms with Gasteiger partial charge in [-0.25, -0.2) is 0 Å². The van der Waals surface area contributed by atoms with Crippen LogP contribution in [0, 0.1) is 0 Å². The highest BCUT2D eigenvalue weighted by atomic mass is 15.2. The maximum atomic E-state index is 3.58. The maximum Gasteiger partial charge on any atom is 0.0354 e. The molecular weight excluding hydrogens is 244 g/mol. The van der Waals surface area contributed by atoms with Gasteiger partial charge >= 0.3 is 0 Å². The number of benzene rings is 1. The number of nitrogens with zero attached hydrogens (tertiary/aromatic N) is 1. The monoisotopic (exact) mass is 272 g/mol. The lowest BCUT2D eigenvalue weighted by Crippen LogP contribution is -2.48. The lowest BCUT2D eigenvalue weighted by atomic mass is 9.80. The van der Waals surface area contributed by atoms with Crippen molar-refractivity contribution in [2.45, 2.75) is 57.5 Å². The van der Waals surface area contributed by atoms with Gasteiger partial charge in [0.25, 0.3) is 0 Å². The van der Waals surface area contributed by atoms with E-state index in [1.165, 1.54) is 45.3 Å². The summed E-state index contributed by atoms with van der Waals surface area (Å²) in [4.78, 5) is 2.76. The summed E-state index contributed by atoms with van der Waals surface area (Å²) in [5, 5.41) is 3.58. The molecule has 20 heavy (non-hydrogen) atoms. The van der Waals surface area contributed by atoms with Gasteiger partial charge in [0.2, 0.25) is 0 Å². The Morgan fingerprint density at radius 3 is 2.65 bits per heavy atom. The van der Waals surface area contributed by atoms with E-state index >= 15 is 0 Å². The molecule has 1 heterocycles. The second kappa shape index (κ2) is 6.28. The average molecular weight is 272 g/mol. The molecule has 3 atom stereocenters. The predicted octanol–water partition coefficient (Wildman–Crippen LogP) is 3.70. The number of likely N-dealkylation sites (N-methyl/N-ethyl adjacent to an activating group) is 1. The first-order chi connectivity index (χ1) is 9.81. The molecule has 1 aromatic rings. The van der Waals surface area contributed by atoms with Gasteiger partial charge in [-0.05, 0) is 55.8 Å². The zero-order valence-electron chi connectivity index (χ0n) is 12.9. The van der Waals surface area contributed by atoms with Gasteiger partial charge in [0.05, 0.1) is 0 Å². The molecule has 2 nitrogen and oxygen atoms in total. The van der Waals surface area contributed by atoms with Crippen LogP contribution < -0.4 is 5.32 Å². The SMILES string of the molecule is CCN(C1CCCNC1)C1CCC(C)c2ccccc21. The Hall–Kier alpha value is -0.860. The highest BCUT2D eigenvalue weighted by molar-refractivity contribution is 5.35. The fraction of sp³-hybridized carbons (Fsp3) is 0.667. The van der Waals surface area contributed by atoms with Gasteiger partial charge in [0.15, 0.2) is 0 Å². The third-order valence-corrected chi connectivity index (χ3v) is 5.26. The summed E-state index contributed by atoms with van der Waals surface area (Å²) in [6.07, 6.45) is 5.34. The minimum Gasteiger partial charge on any atom is -0.315 e. The number of nitrogens with one attached hydrogen (secondary N) is 1. The third-order valence-electron chi connectivity index (χ3n) is 5.26. The summed E-state index contributed by atoms with van der Waals surface area (Å²) in [5.41, 5.74) is 3.18. The molecule has 0 radical (unpaired) electrons. The molecule has 2 aliphatic rings. The van der Waals surface area contributed by atoms with Crippen LogP contribution in [0.25, 0.3) is 0 Å². The van der Waals surface area contributed by atoms with E-state index in [-0.39, 0.29) is 0 Å². The van der Waals surface area contributed by atoms with Gasteiger partial charge in [0, 0.05) is 18.6 Å². The largest absolute Gasteiger partial charge is 0.315 e. The first-order valence-corrected chi connectivity index (χ1v) is 8.36. The van der Waals surface area contributed by atoms with Crippen LogP contribution in [-0.2, 0) is 0 Å². The van der Waals surface area contributed by atoms with E-state index in [0.29, 0.717) is 6.04 Å². The summed E-state index contributed by atoms with van der Waals surface area (Å²) in [5.74, 6) is 0.727. The Bertz CT molecular complexity index is 437. The molecular formula is C18H28N2. The van der Waals surface area contributed by atoms with Gasteiger partial charge in [-0.1, -0.05) is 38.1 Å². The van der Waals surface area contributed by atoms with Gasteiger partial charge in [-0.15, -0.1) is 0 Å². The highest BCUT2D eigenvalue weighted by Gasteiger charge is 2.32. The minimum atomic E-state index is 0.636. The molecule has 3 rings (SSSR count). The van der Waals surface area contributed by atoms with E-state index in [1.54, 1.807) is 11.1 Å². The molecule has 1 fully saturated rings. The summed E-state index contributed by atoms with van der Waals surface area (Å²) in [6, 6.07) is 10.5. The predicted molar refractivity (Wildman–Crippen MR) is 85.1 cm³/mol.